The fraction of sp³-hybridized carbons (Fsp3) is 0.647. The molecule has 1 nitrogen and oxygen atoms in total. The van der Waals surface area contributed by atoms with Crippen molar-refractivity contribution in [2.45, 2.75) is 46.1 Å². The van der Waals surface area contributed by atoms with Crippen LogP contribution in [0.5, 0.6) is 0 Å². The van der Waals surface area contributed by atoms with Gasteiger partial charge in [-0.3, -0.25) is 0 Å². The molecule has 0 bridgehead atoms. The Morgan fingerprint density at radius 3 is 2.56 bits per heavy atom. The standard InChI is InChI=1S/C17H26O/c1-3-15(4-2)17-12-16(17)10-11-18-13-14-8-6-5-7-9-14/h5-9,15-17H,3-4,10-13H2,1-2H3. The van der Waals surface area contributed by atoms with Crippen molar-refractivity contribution < 1.29 is 4.74 Å². The first-order valence-corrected chi connectivity index (χ1v) is 7.46. The van der Waals surface area contributed by atoms with Crippen molar-refractivity contribution in [2.24, 2.45) is 17.8 Å². The average Bonchev–Trinajstić information content (AvgIpc) is 3.17. The van der Waals surface area contributed by atoms with Crippen molar-refractivity contribution >= 4 is 0 Å². The van der Waals surface area contributed by atoms with Crippen LogP contribution in [0.25, 0.3) is 0 Å². The highest BCUT2D eigenvalue weighted by Gasteiger charge is 2.40. The lowest BCUT2D eigenvalue weighted by molar-refractivity contribution is 0.113. The predicted octanol–water partition coefficient (Wildman–Crippen LogP) is 4.67. The molecule has 1 saturated carbocycles. The van der Waals surface area contributed by atoms with Crippen LogP contribution in [0.2, 0.25) is 0 Å². The van der Waals surface area contributed by atoms with Crippen molar-refractivity contribution in [1.29, 1.82) is 0 Å². The topological polar surface area (TPSA) is 9.23 Å². The third-order valence-electron chi connectivity index (χ3n) is 4.38. The summed E-state index contributed by atoms with van der Waals surface area (Å²) in [6.45, 7) is 6.35. The van der Waals surface area contributed by atoms with Gasteiger partial charge in [0.2, 0.25) is 0 Å². The van der Waals surface area contributed by atoms with Crippen LogP contribution in [-0.2, 0) is 11.3 Å². The molecule has 1 fully saturated rings. The molecular formula is C17H26O. The summed E-state index contributed by atoms with van der Waals surface area (Å²) in [5.41, 5.74) is 1.28. The van der Waals surface area contributed by atoms with Gasteiger partial charge in [-0.1, -0.05) is 57.0 Å². The molecule has 1 aliphatic carbocycles. The van der Waals surface area contributed by atoms with E-state index >= 15 is 0 Å². The van der Waals surface area contributed by atoms with E-state index in [4.69, 9.17) is 4.74 Å². The number of rotatable bonds is 8. The lowest BCUT2D eigenvalue weighted by atomic mass is 9.96. The Morgan fingerprint density at radius 1 is 1.17 bits per heavy atom. The maximum absolute atomic E-state index is 5.77. The highest BCUT2D eigenvalue weighted by Crippen LogP contribution is 2.48. The molecular weight excluding hydrogens is 220 g/mol. The van der Waals surface area contributed by atoms with E-state index in [0.29, 0.717) is 0 Å². The van der Waals surface area contributed by atoms with Gasteiger partial charge in [0, 0.05) is 6.61 Å². The van der Waals surface area contributed by atoms with Gasteiger partial charge in [-0.15, -0.1) is 0 Å². The van der Waals surface area contributed by atoms with Crippen molar-refractivity contribution in [3.8, 4) is 0 Å². The van der Waals surface area contributed by atoms with Gasteiger partial charge < -0.3 is 4.74 Å². The Hall–Kier alpha value is -0.820. The Kier molecular flexibility index (Phi) is 5.25. The van der Waals surface area contributed by atoms with Crippen LogP contribution in [0, 0.1) is 17.8 Å². The summed E-state index contributed by atoms with van der Waals surface area (Å²) in [7, 11) is 0. The maximum Gasteiger partial charge on any atom is 0.0716 e. The van der Waals surface area contributed by atoms with E-state index in [-0.39, 0.29) is 0 Å². The molecule has 0 spiro atoms. The Bertz CT molecular complexity index is 329. The third-order valence-corrected chi connectivity index (χ3v) is 4.38. The lowest BCUT2D eigenvalue weighted by Gasteiger charge is -2.11. The van der Waals surface area contributed by atoms with Crippen molar-refractivity contribution in [3.63, 3.8) is 0 Å². The van der Waals surface area contributed by atoms with Crippen LogP contribution < -0.4 is 0 Å². The molecule has 0 N–H and O–H groups in total. The van der Waals surface area contributed by atoms with E-state index in [1.54, 1.807) is 0 Å². The largest absolute Gasteiger partial charge is 0.377 e. The van der Waals surface area contributed by atoms with Crippen molar-refractivity contribution in [2.75, 3.05) is 6.61 Å². The smallest absolute Gasteiger partial charge is 0.0716 e. The molecule has 0 saturated heterocycles. The van der Waals surface area contributed by atoms with Crippen LogP contribution in [0.4, 0.5) is 0 Å². The van der Waals surface area contributed by atoms with E-state index in [1.807, 2.05) is 6.07 Å². The minimum Gasteiger partial charge on any atom is -0.377 e. The molecule has 2 unspecified atom stereocenters. The molecule has 0 aromatic heterocycles. The normalized spacial score (nSPS) is 22.4. The summed E-state index contributed by atoms with van der Waals surface area (Å²) in [5, 5.41) is 0. The van der Waals surface area contributed by atoms with Crippen LogP contribution in [0.3, 0.4) is 0 Å². The second-order valence-electron chi connectivity index (χ2n) is 5.56. The fourth-order valence-corrected chi connectivity index (χ4v) is 3.07. The molecule has 0 heterocycles. The first-order chi connectivity index (χ1) is 8.85. The summed E-state index contributed by atoms with van der Waals surface area (Å²) in [5.74, 6) is 2.91. The number of ether oxygens (including phenoxy) is 1. The SMILES string of the molecule is CCC(CC)C1CC1CCOCc1ccccc1. The number of hydrogen-bond donors (Lipinski definition) is 0. The monoisotopic (exact) mass is 246 g/mol. The summed E-state index contributed by atoms with van der Waals surface area (Å²) in [6, 6.07) is 10.5. The molecule has 1 aromatic carbocycles. The minimum absolute atomic E-state index is 0.767. The summed E-state index contributed by atoms with van der Waals surface area (Å²) >= 11 is 0. The van der Waals surface area contributed by atoms with E-state index in [1.165, 1.54) is 31.2 Å². The highest BCUT2D eigenvalue weighted by molar-refractivity contribution is 5.13. The van der Waals surface area contributed by atoms with Gasteiger partial charge in [-0.25, -0.2) is 0 Å². The molecule has 100 valence electrons. The molecule has 0 aliphatic heterocycles. The van der Waals surface area contributed by atoms with E-state index < -0.39 is 0 Å². The first-order valence-electron chi connectivity index (χ1n) is 7.46. The zero-order valence-corrected chi connectivity index (χ0v) is 11.8. The first kappa shape index (κ1) is 13.6. The minimum atomic E-state index is 0.767. The Morgan fingerprint density at radius 2 is 1.89 bits per heavy atom. The summed E-state index contributed by atoms with van der Waals surface area (Å²) < 4.78 is 5.77. The fourth-order valence-electron chi connectivity index (χ4n) is 3.07. The van der Waals surface area contributed by atoms with Crippen LogP contribution >= 0.6 is 0 Å². The Labute approximate surface area is 112 Å². The molecule has 0 amide bonds. The van der Waals surface area contributed by atoms with E-state index in [9.17, 15) is 0 Å². The molecule has 2 rings (SSSR count). The summed E-state index contributed by atoms with van der Waals surface area (Å²) in [4.78, 5) is 0. The van der Waals surface area contributed by atoms with Gasteiger partial charge >= 0.3 is 0 Å². The molecule has 0 radical (unpaired) electrons. The van der Waals surface area contributed by atoms with Crippen molar-refractivity contribution in [3.05, 3.63) is 35.9 Å². The molecule has 1 aromatic rings. The zero-order valence-electron chi connectivity index (χ0n) is 11.8. The number of hydrogen-bond acceptors (Lipinski definition) is 1. The van der Waals surface area contributed by atoms with Crippen LogP contribution in [0.15, 0.2) is 30.3 Å². The third kappa shape index (κ3) is 3.84. The van der Waals surface area contributed by atoms with Gasteiger partial charge in [0.05, 0.1) is 6.61 Å². The molecule has 1 heteroatoms. The average molecular weight is 246 g/mol. The molecule has 1 aliphatic rings. The van der Waals surface area contributed by atoms with Gasteiger partial charge in [0.15, 0.2) is 0 Å². The molecule has 18 heavy (non-hydrogen) atoms. The number of benzene rings is 1. The zero-order chi connectivity index (χ0) is 12.8. The second-order valence-corrected chi connectivity index (χ2v) is 5.56. The van der Waals surface area contributed by atoms with Crippen LogP contribution in [0.1, 0.15) is 45.1 Å². The second kappa shape index (κ2) is 6.94. The maximum atomic E-state index is 5.77. The molecule has 2 atom stereocenters. The van der Waals surface area contributed by atoms with Gasteiger partial charge in [-0.2, -0.15) is 0 Å². The summed E-state index contributed by atoms with van der Waals surface area (Å²) in [6.07, 6.45) is 5.40. The van der Waals surface area contributed by atoms with E-state index in [2.05, 4.69) is 38.1 Å². The van der Waals surface area contributed by atoms with Crippen LogP contribution in [-0.4, -0.2) is 6.61 Å². The van der Waals surface area contributed by atoms with Gasteiger partial charge in [-0.05, 0) is 36.2 Å². The van der Waals surface area contributed by atoms with Gasteiger partial charge in [0.25, 0.3) is 0 Å². The van der Waals surface area contributed by atoms with Gasteiger partial charge in [0.1, 0.15) is 0 Å². The predicted molar refractivity (Wildman–Crippen MR) is 76.4 cm³/mol. The van der Waals surface area contributed by atoms with E-state index in [0.717, 1.165) is 31.0 Å². The quantitative estimate of drug-likeness (QED) is 0.606. The highest BCUT2D eigenvalue weighted by atomic mass is 16.5. The lowest BCUT2D eigenvalue weighted by Crippen LogP contribution is -2.03. The Balaban J connectivity index is 1.58. The van der Waals surface area contributed by atoms with Crippen molar-refractivity contribution in [1.82, 2.24) is 0 Å².